The van der Waals surface area contributed by atoms with E-state index in [0.29, 0.717) is 19.1 Å². The van der Waals surface area contributed by atoms with Crippen LogP contribution >= 0.6 is 0 Å². The molecule has 1 N–H and O–H groups in total. The van der Waals surface area contributed by atoms with Gasteiger partial charge in [-0.25, -0.2) is 0 Å². The van der Waals surface area contributed by atoms with Crippen LogP contribution in [0.3, 0.4) is 0 Å². The number of carbonyl (C=O) groups is 1. The summed E-state index contributed by atoms with van der Waals surface area (Å²) in [4.78, 5) is 11.5. The number of hydrogen-bond donors (Lipinski definition) is 1. The van der Waals surface area contributed by atoms with Gasteiger partial charge in [-0.1, -0.05) is 18.2 Å². The Morgan fingerprint density at radius 2 is 2.19 bits per heavy atom. The van der Waals surface area contributed by atoms with Crippen LogP contribution < -0.4 is 10.1 Å². The topological polar surface area (TPSA) is 38.3 Å². The molecular formula is C13H15NO2. The van der Waals surface area contributed by atoms with Crippen molar-refractivity contribution in [3.8, 4) is 5.75 Å². The molecular weight excluding hydrogens is 202 g/mol. The number of carbonyl (C=O) groups excluding carboxylic acids is 1. The smallest absolute Gasteiger partial charge is 0.223 e. The maximum atomic E-state index is 11.5. The van der Waals surface area contributed by atoms with Gasteiger partial charge in [-0.3, -0.25) is 4.79 Å². The van der Waals surface area contributed by atoms with E-state index in [-0.39, 0.29) is 11.8 Å². The third-order valence-electron chi connectivity index (χ3n) is 3.27. The van der Waals surface area contributed by atoms with E-state index in [2.05, 4.69) is 11.4 Å². The van der Waals surface area contributed by atoms with Gasteiger partial charge >= 0.3 is 0 Å². The van der Waals surface area contributed by atoms with Gasteiger partial charge in [0.1, 0.15) is 5.75 Å². The van der Waals surface area contributed by atoms with Crippen molar-refractivity contribution >= 4 is 5.91 Å². The Kier molecular flexibility index (Phi) is 2.31. The molecule has 1 aromatic carbocycles. The van der Waals surface area contributed by atoms with Gasteiger partial charge in [0.05, 0.1) is 6.61 Å². The number of fused-ring (bicyclic) bond motifs is 1. The molecule has 2 aliphatic rings. The van der Waals surface area contributed by atoms with Gasteiger partial charge in [-0.15, -0.1) is 0 Å². The van der Waals surface area contributed by atoms with Crippen LogP contribution in [0, 0.1) is 5.92 Å². The standard InChI is InChI=1S/C13H15NO2/c15-13(9-5-6-9)14-7-10-8-16-12-4-2-1-3-11(10)12/h1-4,9-10H,5-8H2,(H,14,15). The predicted octanol–water partition coefficient (Wildman–Crippen LogP) is 1.69. The van der Waals surface area contributed by atoms with Gasteiger partial charge in [-0.05, 0) is 18.9 Å². The molecule has 0 saturated heterocycles. The molecule has 3 rings (SSSR count). The molecule has 84 valence electrons. The second kappa shape index (κ2) is 3.81. The van der Waals surface area contributed by atoms with Crippen LogP contribution in [0.25, 0.3) is 0 Å². The highest BCUT2D eigenvalue weighted by molar-refractivity contribution is 5.80. The highest BCUT2D eigenvalue weighted by atomic mass is 16.5. The summed E-state index contributed by atoms with van der Waals surface area (Å²) in [6.07, 6.45) is 2.12. The Balaban J connectivity index is 1.62. The fourth-order valence-corrected chi connectivity index (χ4v) is 2.11. The zero-order chi connectivity index (χ0) is 11.0. The molecule has 1 fully saturated rings. The molecule has 1 heterocycles. The van der Waals surface area contributed by atoms with Crippen molar-refractivity contribution in [1.82, 2.24) is 5.32 Å². The van der Waals surface area contributed by atoms with Gasteiger partial charge in [0.15, 0.2) is 0 Å². The highest BCUT2D eigenvalue weighted by Gasteiger charge is 2.31. The predicted molar refractivity (Wildman–Crippen MR) is 60.4 cm³/mol. The fourth-order valence-electron chi connectivity index (χ4n) is 2.11. The number of amides is 1. The molecule has 1 aliphatic heterocycles. The van der Waals surface area contributed by atoms with Gasteiger partial charge < -0.3 is 10.1 Å². The molecule has 1 amide bonds. The quantitative estimate of drug-likeness (QED) is 0.836. The first-order chi connectivity index (χ1) is 7.84. The maximum absolute atomic E-state index is 11.5. The van der Waals surface area contributed by atoms with Crippen LogP contribution in [0.15, 0.2) is 24.3 Å². The lowest BCUT2D eigenvalue weighted by molar-refractivity contribution is -0.122. The summed E-state index contributed by atoms with van der Waals surface area (Å²) in [5.41, 5.74) is 1.22. The number of rotatable bonds is 3. The lowest BCUT2D eigenvalue weighted by Crippen LogP contribution is -2.30. The number of nitrogens with one attached hydrogen (secondary N) is 1. The highest BCUT2D eigenvalue weighted by Crippen LogP contribution is 2.33. The van der Waals surface area contributed by atoms with Crippen LogP contribution in [0.4, 0.5) is 0 Å². The average Bonchev–Trinajstić information content (AvgIpc) is 3.08. The minimum atomic E-state index is 0.212. The monoisotopic (exact) mass is 217 g/mol. The zero-order valence-corrected chi connectivity index (χ0v) is 9.11. The molecule has 16 heavy (non-hydrogen) atoms. The Hall–Kier alpha value is -1.51. The first-order valence-corrected chi connectivity index (χ1v) is 5.84. The van der Waals surface area contributed by atoms with Crippen molar-refractivity contribution in [3.05, 3.63) is 29.8 Å². The van der Waals surface area contributed by atoms with Gasteiger partial charge in [0, 0.05) is 23.9 Å². The Bertz CT molecular complexity index is 412. The SMILES string of the molecule is O=C(NCC1COc2ccccc21)C1CC1. The van der Waals surface area contributed by atoms with Crippen LogP contribution in [0.1, 0.15) is 24.3 Å². The van der Waals surface area contributed by atoms with E-state index in [1.54, 1.807) is 0 Å². The Morgan fingerprint density at radius 1 is 1.38 bits per heavy atom. The number of ether oxygens (including phenoxy) is 1. The largest absolute Gasteiger partial charge is 0.493 e. The van der Waals surface area contributed by atoms with Crippen LogP contribution in [0.5, 0.6) is 5.75 Å². The molecule has 1 aromatic rings. The second-order valence-electron chi connectivity index (χ2n) is 4.57. The average molecular weight is 217 g/mol. The minimum Gasteiger partial charge on any atom is -0.493 e. The molecule has 1 atom stereocenters. The summed E-state index contributed by atoms with van der Waals surface area (Å²) in [7, 11) is 0. The number of hydrogen-bond acceptors (Lipinski definition) is 2. The van der Waals surface area contributed by atoms with E-state index in [1.165, 1.54) is 5.56 Å². The van der Waals surface area contributed by atoms with E-state index in [0.717, 1.165) is 18.6 Å². The van der Waals surface area contributed by atoms with Crippen molar-refractivity contribution in [3.63, 3.8) is 0 Å². The van der Waals surface area contributed by atoms with Crippen molar-refractivity contribution in [2.75, 3.05) is 13.2 Å². The molecule has 0 bridgehead atoms. The van der Waals surface area contributed by atoms with E-state index >= 15 is 0 Å². The summed E-state index contributed by atoms with van der Waals surface area (Å²) in [6, 6.07) is 8.06. The molecule has 0 aromatic heterocycles. The fraction of sp³-hybridized carbons (Fsp3) is 0.462. The number of para-hydroxylation sites is 1. The first-order valence-electron chi connectivity index (χ1n) is 5.84. The Morgan fingerprint density at radius 3 is 3.00 bits per heavy atom. The molecule has 1 unspecified atom stereocenters. The molecule has 3 nitrogen and oxygen atoms in total. The molecule has 1 saturated carbocycles. The molecule has 0 radical (unpaired) electrons. The lowest BCUT2D eigenvalue weighted by atomic mass is 10.0. The summed E-state index contributed by atoms with van der Waals surface area (Å²) in [5.74, 6) is 1.79. The third kappa shape index (κ3) is 1.77. The van der Waals surface area contributed by atoms with Crippen LogP contribution in [-0.2, 0) is 4.79 Å². The van der Waals surface area contributed by atoms with Crippen molar-refractivity contribution in [2.24, 2.45) is 5.92 Å². The lowest BCUT2D eigenvalue weighted by Gasteiger charge is -2.09. The zero-order valence-electron chi connectivity index (χ0n) is 9.11. The van der Waals surface area contributed by atoms with Gasteiger partial charge in [0.2, 0.25) is 5.91 Å². The minimum absolute atomic E-state index is 0.212. The maximum Gasteiger partial charge on any atom is 0.223 e. The molecule has 1 aliphatic carbocycles. The molecule has 0 spiro atoms. The van der Waals surface area contributed by atoms with Gasteiger partial charge in [-0.2, -0.15) is 0 Å². The summed E-state index contributed by atoms with van der Waals surface area (Å²) >= 11 is 0. The van der Waals surface area contributed by atoms with E-state index in [4.69, 9.17) is 4.74 Å². The van der Waals surface area contributed by atoms with Crippen LogP contribution in [0.2, 0.25) is 0 Å². The second-order valence-corrected chi connectivity index (χ2v) is 4.57. The van der Waals surface area contributed by atoms with E-state index in [1.807, 2.05) is 18.2 Å². The van der Waals surface area contributed by atoms with Crippen molar-refractivity contribution < 1.29 is 9.53 Å². The summed E-state index contributed by atoms with van der Waals surface area (Å²) in [6.45, 7) is 1.39. The van der Waals surface area contributed by atoms with Crippen molar-refractivity contribution in [2.45, 2.75) is 18.8 Å². The summed E-state index contributed by atoms with van der Waals surface area (Å²) < 4.78 is 5.57. The van der Waals surface area contributed by atoms with E-state index in [9.17, 15) is 4.79 Å². The van der Waals surface area contributed by atoms with Gasteiger partial charge in [0.25, 0.3) is 0 Å². The molecule has 3 heteroatoms. The number of benzene rings is 1. The summed E-state index contributed by atoms with van der Waals surface area (Å²) in [5, 5.41) is 3.01. The third-order valence-corrected chi connectivity index (χ3v) is 3.27. The normalized spacial score (nSPS) is 22.4. The first kappa shape index (κ1) is 9.70. The van der Waals surface area contributed by atoms with Crippen molar-refractivity contribution in [1.29, 1.82) is 0 Å². The van der Waals surface area contributed by atoms with E-state index < -0.39 is 0 Å². The Labute approximate surface area is 94.8 Å². The van der Waals surface area contributed by atoms with Crippen LogP contribution in [-0.4, -0.2) is 19.1 Å².